The summed E-state index contributed by atoms with van der Waals surface area (Å²) in [5.74, 6) is 0.512. The number of benzene rings is 2. The van der Waals surface area contributed by atoms with E-state index in [1.807, 2.05) is 0 Å². The Morgan fingerprint density at radius 3 is 2.52 bits per heavy atom. The molecule has 108 valence electrons. The van der Waals surface area contributed by atoms with E-state index >= 15 is 0 Å². The molecular weight excluding hydrogens is 309 g/mol. The minimum absolute atomic E-state index is 0.130. The van der Waals surface area contributed by atoms with Gasteiger partial charge in [-0.1, -0.05) is 35.3 Å². The number of carbonyl (C=O) groups excluding carboxylic acids is 1. The molecular formula is C16H13Cl2NO2. The molecule has 0 aromatic heterocycles. The average molecular weight is 322 g/mol. The van der Waals surface area contributed by atoms with Crippen LogP contribution in [0.15, 0.2) is 54.7 Å². The normalized spacial score (nSPS) is 10.6. The van der Waals surface area contributed by atoms with Crippen molar-refractivity contribution in [2.45, 2.75) is 0 Å². The third-order valence-electron chi connectivity index (χ3n) is 2.70. The lowest BCUT2D eigenvalue weighted by atomic mass is 10.1. The van der Waals surface area contributed by atoms with E-state index in [0.717, 1.165) is 0 Å². The first kappa shape index (κ1) is 15.4. The highest BCUT2D eigenvalue weighted by Gasteiger charge is 2.03. The zero-order chi connectivity index (χ0) is 15.2. The standard InChI is InChI=1S/C16H13Cl2NO2/c1-21-15-4-2-3-11(7-15)16(20)5-6-19-14-9-12(17)8-13(18)10-14/h2-10,19H,1H3. The fourth-order valence-corrected chi connectivity index (χ4v) is 2.25. The number of methoxy groups -OCH3 is 1. The van der Waals surface area contributed by atoms with Gasteiger partial charge in [0.05, 0.1) is 7.11 Å². The van der Waals surface area contributed by atoms with E-state index in [9.17, 15) is 4.79 Å². The second-order valence-corrected chi connectivity index (χ2v) is 5.10. The van der Waals surface area contributed by atoms with Crippen molar-refractivity contribution in [1.82, 2.24) is 0 Å². The second kappa shape index (κ2) is 7.16. The maximum Gasteiger partial charge on any atom is 0.187 e. The van der Waals surface area contributed by atoms with Crippen molar-refractivity contribution in [3.63, 3.8) is 0 Å². The lowest BCUT2D eigenvalue weighted by molar-refractivity contribution is 0.104. The number of halogens is 2. The van der Waals surface area contributed by atoms with E-state index in [0.29, 0.717) is 27.0 Å². The van der Waals surface area contributed by atoms with Gasteiger partial charge in [-0.3, -0.25) is 4.79 Å². The molecule has 0 aliphatic rings. The highest BCUT2D eigenvalue weighted by molar-refractivity contribution is 6.35. The minimum atomic E-state index is -0.130. The van der Waals surface area contributed by atoms with Gasteiger partial charge >= 0.3 is 0 Å². The van der Waals surface area contributed by atoms with Crippen molar-refractivity contribution in [2.75, 3.05) is 12.4 Å². The van der Waals surface area contributed by atoms with Crippen LogP contribution in [-0.4, -0.2) is 12.9 Å². The monoisotopic (exact) mass is 321 g/mol. The topological polar surface area (TPSA) is 38.3 Å². The Hall–Kier alpha value is -1.97. The molecule has 21 heavy (non-hydrogen) atoms. The van der Waals surface area contributed by atoms with Gasteiger partial charge in [0.25, 0.3) is 0 Å². The van der Waals surface area contributed by atoms with Crippen molar-refractivity contribution in [3.05, 3.63) is 70.3 Å². The van der Waals surface area contributed by atoms with Crippen LogP contribution in [0, 0.1) is 0 Å². The lowest BCUT2D eigenvalue weighted by Crippen LogP contribution is -1.97. The van der Waals surface area contributed by atoms with E-state index in [1.165, 1.54) is 6.08 Å². The van der Waals surface area contributed by atoms with E-state index in [1.54, 1.807) is 55.8 Å². The van der Waals surface area contributed by atoms with Crippen LogP contribution in [0.4, 0.5) is 5.69 Å². The van der Waals surface area contributed by atoms with Crippen molar-refractivity contribution >= 4 is 34.7 Å². The maximum absolute atomic E-state index is 12.0. The molecule has 0 radical (unpaired) electrons. The van der Waals surface area contributed by atoms with Gasteiger partial charge in [0.1, 0.15) is 5.75 Å². The molecule has 2 aromatic rings. The molecule has 2 rings (SSSR count). The summed E-state index contributed by atoms with van der Waals surface area (Å²) in [5.41, 5.74) is 1.26. The quantitative estimate of drug-likeness (QED) is 0.634. The molecule has 0 spiro atoms. The summed E-state index contributed by atoms with van der Waals surface area (Å²) in [6.45, 7) is 0. The summed E-state index contributed by atoms with van der Waals surface area (Å²) in [6.07, 6.45) is 2.98. The zero-order valence-electron chi connectivity index (χ0n) is 11.3. The zero-order valence-corrected chi connectivity index (χ0v) is 12.8. The van der Waals surface area contributed by atoms with E-state index in [4.69, 9.17) is 27.9 Å². The molecule has 0 aliphatic heterocycles. The van der Waals surface area contributed by atoms with E-state index in [2.05, 4.69) is 5.32 Å². The minimum Gasteiger partial charge on any atom is -0.497 e. The maximum atomic E-state index is 12.0. The highest BCUT2D eigenvalue weighted by atomic mass is 35.5. The van der Waals surface area contributed by atoms with Gasteiger partial charge in [-0.25, -0.2) is 0 Å². The van der Waals surface area contributed by atoms with Crippen LogP contribution < -0.4 is 10.1 Å². The molecule has 1 N–H and O–H groups in total. The molecule has 0 heterocycles. The van der Waals surface area contributed by atoms with Crippen molar-refractivity contribution in [2.24, 2.45) is 0 Å². The van der Waals surface area contributed by atoms with Gasteiger partial charge in [-0.15, -0.1) is 0 Å². The molecule has 0 saturated heterocycles. The molecule has 0 unspecified atom stereocenters. The van der Waals surface area contributed by atoms with Gasteiger partial charge in [0.2, 0.25) is 0 Å². The van der Waals surface area contributed by atoms with Crippen LogP contribution in [0.3, 0.4) is 0 Å². The van der Waals surface area contributed by atoms with Crippen molar-refractivity contribution < 1.29 is 9.53 Å². The Labute approximate surface area is 133 Å². The number of hydrogen-bond acceptors (Lipinski definition) is 3. The number of anilines is 1. The number of carbonyl (C=O) groups is 1. The summed E-state index contributed by atoms with van der Waals surface area (Å²) in [7, 11) is 1.56. The fraction of sp³-hybridized carbons (Fsp3) is 0.0625. The summed E-state index contributed by atoms with van der Waals surface area (Å²) in [6, 6.07) is 12.0. The van der Waals surface area contributed by atoms with Gasteiger partial charge in [-0.2, -0.15) is 0 Å². The van der Waals surface area contributed by atoms with Gasteiger partial charge in [-0.05, 0) is 30.3 Å². The van der Waals surface area contributed by atoms with Gasteiger partial charge in [0.15, 0.2) is 5.78 Å². The smallest absolute Gasteiger partial charge is 0.187 e. The SMILES string of the molecule is COc1cccc(C(=O)C=CNc2cc(Cl)cc(Cl)c2)c1. The molecule has 0 aliphatic carbocycles. The van der Waals surface area contributed by atoms with E-state index in [-0.39, 0.29) is 5.78 Å². The van der Waals surface area contributed by atoms with Crippen LogP contribution in [0.25, 0.3) is 0 Å². The Kier molecular flexibility index (Phi) is 5.26. The van der Waals surface area contributed by atoms with Crippen molar-refractivity contribution in [1.29, 1.82) is 0 Å². The first-order chi connectivity index (χ1) is 10.1. The number of nitrogens with one attached hydrogen (secondary N) is 1. The number of rotatable bonds is 5. The summed E-state index contributed by atoms with van der Waals surface area (Å²) in [5, 5.41) is 4.01. The van der Waals surface area contributed by atoms with Crippen LogP contribution in [0.2, 0.25) is 10.0 Å². The molecule has 2 aromatic carbocycles. The molecule has 5 heteroatoms. The summed E-state index contributed by atoms with van der Waals surface area (Å²) >= 11 is 11.8. The molecule has 0 saturated carbocycles. The lowest BCUT2D eigenvalue weighted by Gasteiger charge is -2.03. The fourth-order valence-electron chi connectivity index (χ4n) is 1.72. The molecule has 3 nitrogen and oxygen atoms in total. The second-order valence-electron chi connectivity index (χ2n) is 4.23. The number of ether oxygens (including phenoxy) is 1. The number of ketones is 1. The van der Waals surface area contributed by atoms with E-state index < -0.39 is 0 Å². The first-order valence-electron chi connectivity index (χ1n) is 6.16. The first-order valence-corrected chi connectivity index (χ1v) is 6.91. The molecule has 0 atom stereocenters. The van der Waals surface area contributed by atoms with Crippen LogP contribution >= 0.6 is 23.2 Å². The summed E-state index contributed by atoms with van der Waals surface area (Å²) < 4.78 is 5.08. The van der Waals surface area contributed by atoms with Crippen LogP contribution in [0.1, 0.15) is 10.4 Å². The largest absolute Gasteiger partial charge is 0.497 e. The van der Waals surface area contributed by atoms with Gasteiger partial charge < -0.3 is 10.1 Å². The Balaban J connectivity index is 2.05. The predicted octanol–water partition coefficient (Wildman–Crippen LogP) is 4.81. The number of allylic oxidation sites excluding steroid dienone is 1. The average Bonchev–Trinajstić information content (AvgIpc) is 2.46. The Bertz CT molecular complexity index is 663. The van der Waals surface area contributed by atoms with Crippen LogP contribution in [-0.2, 0) is 0 Å². The van der Waals surface area contributed by atoms with Crippen molar-refractivity contribution in [3.8, 4) is 5.75 Å². The predicted molar refractivity (Wildman–Crippen MR) is 86.5 cm³/mol. The molecule has 0 amide bonds. The number of hydrogen-bond donors (Lipinski definition) is 1. The molecule has 0 fully saturated rings. The summed E-state index contributed by atoms with van der Waals surface area (Å²) in [4.78, 5) is 12.0. The Morgan fingerprint density at radius 1 is 1.14 bits per heavy atom. The third-order valence-corrected chi connectivity index (χ3v) is 3.14. The van der Waals surface area contributed by atoms with Gasteiger partial charge in [0, 0.05) is 33.6 Å². The Morgan fingerprint density at radius 2 is 1.86 bits per heavy atom. The third kappa shape index (κ3) is 4.52. The molecule has 0 bridgehead atoms. The highest BCUT2D eigenvalue weighted by Crippen LogP contribution is 2.22. The van der Waals surface area contributed by atoms with Crippen LogP contribution in [0.5, 0.6) is 5.75 Å².